The molecule has 1 rings (SSSR count). The molecule has 0 saturated heterocycles. The van der Waals surface area contributed by atoms with Crippen molar-refractivity contribution in [1.29, 1.82) is 0 Å². The van der Waals surface area contributed by atoms with Crippen LogP contribution in [0.1, 0.15) is 12.0 Å². The molecule has 16 heavy (non-hydrogen) atoms. The first-order valence-electron chi connectivity index (χ1n) is 4.42. The lowest BCUT2D eigenvalue weighted by Gasteiger charge is -1.98. The van der Waals surface area contributed by atoms with Gasteiger partial charge in [0.2, 0.25) is 5.75 Å². The first-order chi connectivity index (χ1) is 7.56. The van der Waals surface area contributed by atoms with E-state index < -0.39 is 22.2 Å². The monoisotopic (exact) mass is 224 g/mol. The van der Waals surface area contributed by atoms with Crippen molar-refractivity contribution in [3.63, 3.8) is 0 Å². The molecule has 6 heteroatoms. The molecule has 0 aliphatic rings. The Morgan fingerprint density at radius 2 is 2.25 bits per heavy atom. The van der Waals surface area contributed by atoms with Gasteiger partial charge in [0.25, 0.3) is 0 Å². The van der Waals surface area contributed by atoms with Crippen LogP contribution >= 0.6 is 0 Å². The zero-order chi connectivity index (χ0) is 12.1. The molecule has 0 unspecified atom stereocenters. The summed E-state index contributed by atoms with van der Waals surface area (Å²) in [7, 11) is 0. The lowest BCUT2D eigenvalue weighted by Crippen LogP contribution is -1.95. The van der Waals surface area contributed by atoms with Crippen molar-refractivity contribution in [1.82, 2.24) is 0 Å². The molecule has 3 N–H and O–H groups in total. The van der Waals surface area contributed by atoms with Gasteiger partial charge in [-0.3, -0.25) is 10.1 Å². The number of halogens is 1. The van der Waals surface area contributed by atoms with Crippen LogP contribution in [0.4, 0.5) is 10.1 Å². The molecule has 1 aromatic rings. The van der Waals surface area contributed by atoms with Crippen molar-refractivity contribution in [2.75, 3.05) is 6.54 Å². The van der Waals surface area contributed by atoms with Gasteiger partial charge in [0.05, 0.1) is 4.92 Å². The number of nitrogens with two attached hydrogens (primary N) is 1. The van der Waals surface area contributed by atoms with E-state index >= 15 is 0 Å². The molecule has 0 amide bonds. The van der Waals surface area contributed by atoms with Crippen molar-refractivity contribution >= 4 is 5.69 Å². The van der Waals surface area contributed by atoms with Gasteiger partial charge in [0, 0.05) is 24.6 Å². The van der Waals surface area contributed by atoms with Gasteiger partial charge in [0.15, 0.2) is 5.82 Å². The molecule has 0 heterocycles. The average Bonchev–Trinajstić information content (AvgIpc) is 2.23. The molecular formula is C10H9FN2O3. The largest absolute Gasteiger partial charge is 0.500 e. The van der Waals surface area contributed by atoms with E-state index in [1.165, 1.54) is 0 Å². The zero-order valence-corrected chi connectivity index (χ0v) is 8.24. The number of rotatable bonds is 2. The summed E-state index contributed by atoms with van der Waals surface area (Å²) in [6, 6.07) is 1.95. The topological polar surface area (TPSA) is 89.4 Å². The van der Waals surface area contributed by atoms with E-state index in [9.17, 15) is 14.5 Å². The van der Waals surface area contributed by atoms with E-state index in [4.69, 9.17) is 10.8 Å². The van der Waals surface area contributed by atoms with E-state index in [-0.39, 0.29) is 5.56 Å². The Morgan fingerprint density at radius 1 is 1.56 bits per heavy atom. The highest BCUT2D eigenvalue weighted by atomic mass is 19.1. The third-order valence-electron chi connectivity index (χ3n) is 1.74. The quantitative estimate of drug-likeness (QED) is 0.447. The first kappa shape index (κ1) is 11.9. The van der Waals surface area contributed by atoms with Crippen LogP contribution in [-0.4, -0.2) is 16.6 Å². The minimum Gasteiger partial charge on any atom is -0.500 e. The van der Waals surface area contributed by atoms with E-state index in [2.05, 4.69) is 11.8 Å². The Kier molecular flexibility index (Phi) is 3.80. The molecule has 0 aliphatic carbocycles. The number of hydrogen-bond donors (Lipinski definition) is 2. The van der Waals surface area contributed by atoms with Crippen LogP contribution in [0.2, 0.25) is 0 Å². The molecule has 0 saturated carbocycles. The van der Waals surface area contributed by atoms with Crippen LogP contribution in [0.25, 0.3) is 0 Å². The zero-order valence-electron chi connectivity index (χ0n) is 8.24. The highest BCUT2D eigenvalue weighted by Gasteiger charge is 2.18. The van der Waals surface area contributed by atoms with Gasteiger partial charge in [-0.15, -0.1) is 0 Å². The maximum Gasteiger partial charge on any atom is 0.315 e. The predicted octanol–water partition coefficient (Wildman–Crippen LogP) is 1.14. The number of nitro benzene ring substituents is 1. The highest BCUT2D eigenvalue weighted by Crippen LogP contribution is 2.29. The summed E-state index contributed by atoms with van der Waals surface area (Å²) < 4.78 is 13.1. The minimum atomic E-state index is -1.06. The van der Waals surface area contributed by atoms with Crippen molar-refractivity contribution in [3.05, 3.63) is 33.6 Å². The van der Waals surface area contributed by atoms with Crippen LogP contribution in [0, 0.1) is 27.8 Å². The van der Waals surface area contributed by atoms with Crippen molar-refractivity contribution in [2.45, 2.75) is 6.42 Å². The molecule has 1 aromatic carbocycles. The van der Waals surface area contributed by atoms with E-state index in [0.717, 1.165) is 12.1 Å². The summed E-state index contributed by atoms with van der Waals surface area (Å²) in [5.74, 6) is 3.10. The number of benzene rings is 1. The Balaban J connectivity index is 3.15. The minimum absolute atomic E-state index is 0.135. The Hall–Kier alpha value is -2.13. The Bertz CT molecular complexity index is 477. The Morgan fingerprint density at radius 3 is 2.81 bits per heavy atom. The smallest absolute Gasteiger partial charge is 0.315 e. The second-order valence-electron chi connectivity index (χ2n) is 2.92. The fourth-order valence-corrected chi connectivity index (χ4v) is 1.03. The molecule has 0 bridgehead atoms. The molecule has 0 atom stereocenters. The first-order valence-corrected chi connectivity index (χ1v) is 4.42. The van der Waals surface area contributed by atoms with Gasteiger partial charge in [-0.05, 0) is 6.07 Å². The average molecular weight is 224 g/mol. The second-order valence-corrected chi connectivity index (χ2v) is 2.92. The Labute approximate surface area is 90.8 Å². The summed E-state index contributed by atoms with van der Waals surface area (Å²) in [6.45, 7) is 0.357. The standard InChI is InChI=1S/C10H9FN2O3/c11-8-5-7(3-1-2-4-12)6-9(10(8)14)13(15)16/h5-6,14H,2,4,12H2. The van der Waals surface area contributed by atoms with Crippen LogP contribution in [0.5, 0.6) is 5.75 Å². The van der Waals surface area contributed by atoms with Crippen LogP contribution in [0.15, 0.2) is 12.1 Å². The molecule has 0 aliphatic heterocycles. The van der Waals surface area contributed by atoms with E-state index in [1.807, 2.05) is 0 Å². The summed E-state index contributed by atoms with van der Waals surface area (Å²) in [5, 5.41) is 19.5. The lowest BCUT2D eigenvalue weighted by molar-refractivity contribution is -0.386. The van der Waals surface area contributed by atoms with Crippen molar-refractivity contribution in [2.24, 2.45) is 5.73 Å². The van der Waals surface area contributed by atoms with E-state index in [0.29, 0.717) is 13.0 Å². The van der Waals surface area contributed by atoms with Crippen LogP contribution in [-0.2, 0) is 0 Å². The normalized spacial score (nSPS) is 9.38. The number of nitrogens with zero attached hydrogens (tertiary/aromatic N) is 1. The van der Waals surface area contributed by atoms with Gasteiger partial charge in [0.1, 0.15) is 0 Å². The van der Waals surface area contributed by atoms with Crippen molar-refractivity contribution in [3.8, 4) is 17.6 Å². The summed E-state index contributed by atoms with van der Waals surface area (Å²) in [4.78, 5) is 9.60. The maximum absolute atomic E-state index is 13.1. The molecule has 0 aromatic heterocycles. The van der Waals surface area contributed by atoms with Crippen molar-refractivity contribution < 1.29 is 14.4 Å². The van der Waals surface area contributed by atoms with Gasteiger partial charge >= 0.3 is 5.69 Å². The van der Waals surface area contributed by atoms with Gasteiger partial charge in [-0.1, -0.05) is 11.8 Å². The van der Waals surface area contributed by atoms with Crippen LogP contribution < -0.4 is 5.73 Å². The highest BCUT2D eigenvalue weighted by molar-refractivity contribution is 5.52. The predicted molar refractivity (Wildman–Crippen MR) is 55.3 cm³/mol. The third kappa shape index (κ3) is 2.68. The van der Waals surface area contributed by atoms with Gasteiger partial charge in [-0.2, -0.15) is 0 Å². The third-order valence-corrected chi connectivity index (χ3v) is 1.74. The molecule has 0 spiro atoms. The summed E-state index contributed by atoms with van der Waals surface area (Å²) in [6.07, 6.45) is 0.413. The lowest BCUT2D eigenvalue weighted by atomic mass is 10.2. The fourth-order valence-electron chi connectivity index (χ4n) is 1.03. The molecular weight excluding hydrogens is 215 g/mol. The number of aromatic hydroxyl groups is 1. The fraction of sp³-hybridized carbons (Fsp3) is 0.200. The van der Waals surface area contributed by atoms with Crippen LogP contribution in [0.3, 0.4) is 0 Å². The second kappa shape index (κ2) is 5.09. The summed E-state index contributed by atoms with van der Waals surface area (Å²) >= 11 is 0. The molecule has 5 nitrogen and oxygen atoms in total. The molecule has 84 valence electrons. The molecule has 0 radical (unpaired) electrons. The van der Waals surface area contributed by atoms with Gasteiger partial charge in [-0.25, -0.2) is 4.39 Å². The summed E-state index contributed by atoms with van der Waals surface area (Å²) in [5.41, 5.74) is 4.64. The molecule has 0 fully saturated rings. The van der Waals surface area contributed by atoms with E-state index in [1.54, 1.807) is 0 Å². The number of phenols is 1. The van der Waals surface area contributed by atoms with Gasteiger partial charge < -0.3 is 10.8 Å². The number of phenolic OH excluding ortho intramolecular Hbond substituents is 1. The SMILES string of the molecule is NCCC#Cc1cc(F)c(O)c([N+](=O)[O-])c1. The maximum atomic E-state index is 13.1. The number of nitro groups is 1. The number of hydrogen-bond acceptors (Lipinski definition) is 4.